The van der Waals surface area contributed by atoms with Crippen molar-refractivity contribution >= 4 is 17.5 Å². The van der Waals surface area contributed by atoms with Gasteiger partial charge in [-0.25, -0.2) is 0 Å². The number of ether oxygens (including phenoxy) is 1. The fourth-order valence-electron chi connectivity index (χ4n) is 3.55. The van der Waals surface area contributed by atoms with Crippen LogP contribution in [0.3, 0.4) is 0 Å². The van der Waals surface area contributed by atoms with Gasteiger partial charge in [0.2, 0.25) is 5.91 Å². The fraction of sp³-hybridized carbons (Fsp3) is 0.588. The van der Waals surface area contributed by atoms with E-state index < -0.39 is 0 Å². The Morgan fingerprint density at radius 1 is 1.33 bits per heavy atom. The predicted molar refractivity (Wildman–Crippen MR) is 83.4 cm³/mol. The molecule has 1 spiro atoms. The third-order valence-electron chi connectivity index (χ3n) is 4.93. The van der Waals surface area contributed by atoms with Crippen LogP contribution in [0.2, 0.25) is 5.02 Å². The topological polar surface area (TPSA) is 29.5 Å². The first kappa shape index (κ1) is 14.9. The van der Waals surface area contributed by atoms with Gasteiger partial charge in [-0.2, -0.15) is 0 Å². The molecule has 1 atom stereocenters. The Balaban J connectivity index is 1.56. The normalized spacial score (nSPS) is 24.5. The highest BCUT2D eigenvalue weighted by atomic mass is 35.5. The molecular weight excluding hydrogens is 286 g/mol. The summed E-state index contributed by atoms with van der Waals surface area (Å²) in [6.45, 7) is 4.27. The maximum Gasteiger partial charge on any atom is 0.219 e. The van der Waals surface area contributed by atoms with Gasteiger partial charge in [-0.15, -0.1) is 0 Å². The van der Waals surface area contributed by atoms with Crippen LogP contribution in [-0.2, 0) is 16.0 Å². The number of likely N-dealkylation sites (tertiary alicyclic amines) is 1. The number of piperidine rings is 1. The van der Waals surface area contributed by atoms with Crippen molar-refractivity contribution in [3.05, 3.63) is 34.9 Å². The van der Waals surface area contributed by atoms with Gasteiger partial charge in [0.15, 0.2) is 0 Å². The van der Waals surface area contributed by atoms with Crippen molar-refractivity contribution in [3.63, 3.8) is 0 Å². The Bertz CT molecular complexity index is 506. The van der Waals surface area contributed by atoms with E-state index in [1.165, 1.54) is 5.56 Å². The zero-order chi connectivity index (χ0) is 14.9. The number of rotatable bonds is 2. The van der Waals surface area contributed by atoms with Crippen LogP contribution >= 0.6 is 11.6 Å². The minimum atomic E-state index is 0.196. The molecule has 114 valence electrons. The second-order valence-electron chi connectivity index (χ2n) is 6.47. The number of hydrogen-bond acceptors (Lipinski definition) is 2. The van der Waals surface area contributed by atoms with Gasteiger partial charge in [-0.05, 0) is 48.8 Å². The molecule has 2 aliphatic heterocycles. The van der Waals surface area contributed by atoms with Crippen LogP contribution in [0.15, 0.2) is 24.3 Å². The molecule has 2 heterocycles. The minimum Gasteiger partial charge on any atom is -0.377 e. The predicted octanol–water partition coefficient (Wildman–Crippen LogP) is 3.30. The summed E-state index contributed by atoms with van der Waals surface area (Å²) in [7, 11) is 0. The van der Waals surface area contributed by atoms with Crippen molar-refractivity contribution in [2.45, 2.75) is 38.7 Å². The first-order chi connectivity index (χ1) is 10.1. The Morgan fingerprint density at radius 2 is 2.00 bits per heavy atom. The van der Waals surface area contributed by atoms with E-state index in [0.717, 1.165) is 50.4 Å². The van der Waals surface area contributed by atoms with E-state index >= 15 is 0 Å². The van der Waals surface area contributed by atoms with Crippen LogP contribution in [0.25, 0.3) is 0 Å². The van der Waals surface area contributed by atoms with E-state index in [4.69, 9.17) is 16.3 Å². The van der Waals surface area contributed by atoms with E-state index in [9.17, 15) is 4.79 Å². The number of halogens is 1. The van der Waals surface area contributed by atoms with Gasteiger partial charge in [-0.3, -0.25) is 4.79 Å². The van der Waals surface area contributed by atoms with E-state index in [0.29, 0.717) is 11.5 Å². The zero-order valence-electron chi connectivity index (χ0n) is 12.5. The Hall–Kier alpha value is -1.06. The maximum absolute atomic E-state index is 11.4. The molecule has 1 aromatic carbocycles. The molecule has 0 radical (unpaired) electrons. The molecule has 0 bridgehead atoms. The van der Waals surface area contributed by atoms with Gasteiger partial charge in [0, 0.05) is 25.0 Å². The van der Waals surface area contributed by atoms with Crippen LogP contribution in [0.1, 0.15) is 31.7 Å². The lowest BCUT2D eigenvalue weighted by Gasteiger charge is -2.38. The lowest BCUT2D eigenvalue weighted by molar-refractivity contribution is -0.131. The van der Waals surface area contributed by atoms with Gasteiger partial charge in [0.05, 0.1) is 12.7 Å². The summed E-state index contributed by atoms with van der Waals surface area (Å²) in [6, 6.07) is 8.03. The molecule has 0 aliphatic carbocycles. The lowest BCUT2D eigenvalue weighted by Crippen LogP contribution is -2.42. The molecule has 21 heavy (non-hydrogen) atoms. The summed E-state index contributed by atoms with van der Waals surface area (Å²) >= 11 is 5.92. The van der Waals surface area contributed by atoms with Crippen molar-refractivity contribution in [3.8, 4) is 0 Å². The highest BCUT2D eigenvalue weighted by molar-refractivity contribution is 6.30. The Kier molecular flexibility index (Phi) is 4.23. The number of carbonyl (C=O) groups is 1. The molecule has 0 N–H and O–H groups in total. The SMILES string of the molecule is CC(=O)N1CCC2(CC1)CO[C@H](Cc1ccc(Cl)cc1)C2. The van der Waals surface area contributed by atoms with Crippen molar-refractivity contribution in [1.29, 1.82) is 0 Å². The average molecular weight is 308 g/mol. The van der Waals surface area contributed by atoms with Gasteiger partial charge < -0.3 is 9.64 Å². The van der Waals surface area contributed by atoms with Crippen molar-refractivity contribution in [1.82, 2.24) is 4.90 Å². The van der Waals surface area contributed by atoms with Crippen LogP contribution in [0, 0.1) is 5.41 Å². The summed E-state index contributed by atoms with van der Waals surface area (Å²) in [5.41, 5.74) is 1.57. The Morgan fingerprint density at radius 3 is 2.62 bits per heavy atom. The molecule has 0 saturated carbocycles. The molecule has 2 fully saturated rings. The van der Waals surface area contributed by atoms with Crippen LogP contribution in [-0.4, -0.2) is 36.6 Å². The second kappa shape index (κ2) is 5.98. The molecule has 2 aliphatic rings. The van der Waals surface area contributed by atoms with E-state index in [2.05, 4.69) is 12.1 Å². The molecule has 4 heteroatoms. The monoisotopic (exact) mass is 307 g/mol. The molecule has 1 aromatic rings. The second-order valence-corrected chi connectivity index (χ2v) is 6.91. The third-order valence-corrected chi connectivity index (χ3v) is 5.18. The quantitative estimate of drug-likeness (QED) is 0.839. The van der Waals surface area contributed by atoms with E-state index in [1.807, 2.05) is 17.0 Å². The molecule has 3 nitrogen and oxygen atoms in total. The van der Waals surface area contributed by atoms with Gasteiger partial charge in [0.1, 0.15) is 0 Å². The molecular formula is C17H22ClNO2. The van der Waals surface area contributed by atoms with Crippen molar-refractivity contribution in [2.75, 3.05) is 19.7 Å². The van der Waals surface area contributed by atoms with Crippen LogP contribution in [0.5, 0.6) is 0 Å². The number of nitrogens with zero attached hydrogens (tertiary/aromatic N) is 1. The number of carbonyl (C=O) groups excluding carboxylic acids is 1. The highest BCUT2D eigenvalue weighted by Gasteiger charge is 2.42. The maximum atomic E-state index is 11.4. The minimum absolute atomic E-state index is 0.196. The largest absolute Gasteiger partial charge is 0.377 e. The van der Waals surface area contributed by atoms with E-state index in [-0.39, 0.29) is 5.91 Å². The number of hydrogen-bond donors (Lipinski definition) is 0. The number of benzene rings is 1. The van der Waals surface area contributed by atoms with Crippen molar-refractivity contribution in [2.24, 2.45) is 5.41 Å². The van der Waals surface area contributed by atoms with Crippen LogP contribution in [0.4, 0.5) is 0 Å². The summed E-state index contributed by atoms with van der Waals surface area (Å²) in [5, 5.41) is 0.777. The highest BCUT2D eigenvalue weighted by Crippen LogP contribution is 2.42. The summed E-state index contributed by atoms with van der Waals surface area (Å²) in [6.07, 6.45) is 4.51. The smallest absolute Gasteiger partial charge is 0.219 e. The van der Waals surface area contributed by atoms with E-state index in [1.54, 1.807) is 6.92 Å². The standard InChI is InChI=1S/C17H22ClNO2/c1-13(20)19-8-6-17(7-9-19)11-16(21-12-17)10-14-2-4-15(18)5-3-14/h2-5,16H,6-12H2,1H3/t16-/m1/s1. The molecule has 3 rings (SSSR count). The summed E-state index contributed by atoms with van der Waals surface area (Å²) in [4.78, 5) is 13.4. The van der Waals surface area contributed by atoms with Crippen molar-refractivity contribution < 1.29 is 9.53 Å². The average Bonchev–Trinajstić information content (AvgIpc) is 2.85. The molecule has 0 aromatic heterocycles. The Labute approximate surface area is 131 Å². The summed E-state index contributed by atoms with van der Waals surface area (Å²) in [5.74, 6) is 0.196. The van der Waals surface area contributed by atoms with Gasteiger partial charge in [0.25, 0.3) is 0 Å². The number of amides is 1. The van der Waals surface area contributed by atoms with Crippen LogP contribution < -0.4 is 0 Å². The van der Waals surface area contributed by atoms with Gasteiger partial charge >= 0.3 is 0 Å². The molecule has 2 saturated heterocycles. The first-order valence-corrected chi connectivity index (χ1v) is 8.06. The fourth-order valence-corrected chi connectivity index (χ4v) is 3.68. The van der Waals surface area contributed by atoms with Gasteiger partial charge in [-0.1, -0.05) is 23.7 Å². The summed E-state index contributed by atoms with van der Waals surface area (Å²) < 4.78 is 6.04. The molecule has 1 amide bonds. The third kappa shape index (κ3) is 3.41. The molecule has 0 unspecified atom stereocenters. The zero-order valence-corrected chi connectivity index (χ0v) is 13.2. The first-order valence-electron chi connectivity index (χ1n) is 7.68. The lowest BCUT2D eigenvalue weighted by atomic mass is 9.76.